The summed E-state index contributed by atoms with van der Waals surface area (Å²) in [6.07, 6.45) is 2.01. The van der Waals surface area contributed by atoms with Crippen molar-refractivity contribution in [2.24, 2.45) is 0 Å². The summed E-state index contributed by atoms with van der Waals surface area (Å²) in [4.78, 5) is 29.1. The van der Waals surface area contributed by atoms with Gasteiger partial charge in [-0.1, -0.05) is 5.57 Å². The van der Waals surface area contributed by atoms with Crippen molar-refractivity contribution < 1.29 is 33.0 Å². The molecule has 0 spiro atoms. The summed E-state index contributed by atoms with van der Waals surface area (Å²) < 4.78 is 42.3. The van der Waals surface area contributed by atoms with Crippen molar-refractivity contribution in [2.75, 3.05) is 26.8 Å². The van der Waals surface area contributed by atoms with Crippen LogP contribution in [0.5, 0.6) is 0 Å². The quantitative estimate of drug-likeness (QED) is 0.773. The molecule has 1 atom stereocenters. The summed E-state index contributed by atoms with van der Waals surface area (Å²) in [7, 11) is 1.30. The minimum atomic E-state index is -1.42. The number of amides is 1. The standard InChI is InChI=1S/C22H23F2N3O5/c1-12-3-4-27-17(10-14-11-26(5-6-32-14)22(30)31-2)20(25-18(27)7-12)19-15(23)8-13(21(28)29)9-16(19)24/h7-9,14H,3-6,10-11H2,1-2H3,(H,28,29). The van der Waals surface area contributed by atoms with Crippen LogP contribution in [0.4, 0.5) is 13.6 Å². The van der Waals surface area contributed by atoms with Gasteiger partial charge in [0.15, 0.2) is 0 Å². The number of carbonyl (C=O) groups is 2. The highest BCUT2D eigenvalue weighted by molar-refractivity contribution is 5.88. The topological polar surface area (TPSA) is 93.9 Å². The van der Waals surface area contributed by atoms with E-state index in [2.05, 4.69) is 4.98 Å². The number of morpholine rings is 1. The Morgan fingerprint density at radius 3 is 2.66 bits per heavy atom. The van der Waals surface area contributed by atoms with Gasteiger partial charge < -0.3 is 24.0 Å². The number of aromatic nitrogens is 2. The maximum absolute atomic E-state index is 14.9. The Labute approximate surface area is 183 Å². The third-order valence-electron chi connectivity index (χ3n) is 5.73. The number of aromatic carboxylic acids is 1. The molecule has 3 heterocycles. The van der Waals surface area contributed by atoms with Gasteiger partial charge in [-0.05, 0) is 31.6 Å². The molecule has 1 amide bonds. The molecule has 2 aromatic rings. The van der Waals surface area contributed by atoms with Crippen LogP contribution in [-0.2, 0) is 22.4 Å². The normalized spacial score (nSPS) is 18.2. The summed E-state index contributed by atoms with van der Waals surface area (Å²) in [5.74, 6) is -2.85. The molecule has 0 bridgehead atoms. The Morgan fingerprint density at radius 1 is 1.28 bits per heavy atom. The number of carboxylic acid groups (broad SMARTS) is 1. The predicted octanol–water partition coefficient (Wildman–Crippen LogP) is 3.34. The molecule has 1 aromatic carbocycles. The van der Waals surface area contributed by atoms with Crippen LogP contribution in [0.2, 0.25) is 0 Å². The fraction of sp³-hybridized carbons (Fsp3) is 0.409. The monoisotopic (exact) mass is 447 g/mol. The fourth-order valence-corrected chi connectivity index (χ4v) is 4.13. The first kappa shape index (κ1) is 21.9. The van der Waals surface area contributed by atoms with E-state index in [1.165, 1.54) is 12.0 Å². The lowest BCUT2D eigenvalue weighted by Crippen LogP contribution is -2.46. The lowest BCUT2D eigenvalue weighted by molar-refractivity contribution is -0.0243. The molecule has 0 saturated carbocycles. The minimum absolute atomic E-state index is 0.108. The van der Waals surface area contributed by atoms with Crippen LogP contribution in [0.1, 0.15) is 35.2 Å². The van der Waals surface area contributed by atoms with Crippen LogP contribution in [0.25, 0.3) is 17.3 Å². The van der Waals surface area contributed by atoms with E-state index >= 15 is 0 Å². The Bertz CT molecular complexity index is 1090. The summed E-state index contributed by atoms with van der Waals surface area (Å²) in [5.41, 5.74) is 0.916. The van der Waals surface area contributed by atoms with Gasteiger partial charge in [0.1, 0.15) is 17.5 Å². The van der Waals surface area contributed by atoms with Gasteiger partial charge in [0.2, 0.25) is 0 Å². The number of carboxylic acids is 1. The first-order valence-electron chi connectivity index (χ1n) is 10.2. The largest absolute Gasteiger partial charge is 0.478 e. The van der Waals surface area contributed by atoms with Crippen molar-refractivity contribution in [1.29, 1.82) is 0 Å². The van der Waals surface area contributed by atoms with E-state index in [4.69, 9.17) is 14.6 Å². The zero-order chi connectivity index (χ0) is 23.0. The number of ether oxygens (including phenoxy) is 2. The molecule has 1 fully saturated rings. The molecule has 2 aliphatic rings. The summed E-state index contributed by atoms with van der Waals surface area (Å²) in [6.45, 7) is 3.51. The number of imidazole rings is 1. The summed E-state index contributed by atoms with van der Waals surface area (Å²) in [6, 6.07) is 1.58. The highest BCUT2D eigenvalue weighted by atomic mass is 19.1. The Balaban J connectivity index is 1.76. The second-order valence-corrected chi connectivity index (χ2v) is 7.89. The van der Waals surface area contributed by atoms with E-state index in [9.17, 15) is 18.4 Å². The smallest absolute Gasteiger partial charge is 0.409 e. The van der Waals surface area contributed by atoms with Crippen molar-refractivity contribution >= 4 is 18.1 Å². The number of halogens is 2. The third kappa shape index (κ3) is 4.10. The van der Waals surface area contributed by atoms with Gasteiger partial charge in [-0.2, -0.15) is 0 Å². The molecule has 2 aliphatic heterocycles. The van der Waals surface area contributed by atoms with Crippen LogP contribution >= 0.6 is 0 Å². The Kier molecular flexibility index (Phi) is 5.96. The zero-order valence-corrected chi connectivity index (χ0v) is 17.7. The number of rotatable bonds is 4. The van der Waals surface area contributed by atoms with E-state index in [1.807, 2.05) is 17.6 Å². The molecule has 1 aromatic heterocycles. The molecule has 32 heavy (non-hydrogen) atoms. The molecule has 8 nitrogen and oxygen atoms in total. The van der Waals surface area contributed by atoms with E-state index in [0.717, 1.165) is 24.1 Å². The van der Waals surface area contributed by atoms with E-state index in [0.29, 0.717) is 31.2 Å². The molecule has 4 rings (SSSR count). The van der Waals surface area contributed by atoms with Gasteiger partial charge in [0, 0.05) is 25.2 Å². The highest BCUT2D eigenvalue weighted by Gasteiger charge is 2.30. The molecule has 1 unspecified atom stereocenters. The Hall–Kier alpha value is -3.27. The maximum Gasteiger partial charge on any atom is 0.409 e. The number of methoxy groups -OCH3 is 1. The van der Waals surface area contributed by atoms with Gasteiger partial charge in [-0.25, -0.2) is 23.4 Å². The zero-order valence-electron chi connectivity index (χ0n) is 17.7. The van der Waals surface area contributed by atoms with Gasteiger partial charge in [0.25, 0.3) is 0 Å². The van der Waals surface area contributed by atoms with Crippen molar-refractivity contribution in [3.63, 3.8) is 0 Å². The molecule has 1 N–H and O–H groups in total. The molecule has 0 radical (unpaired) electrons. The molecule has 0 aliphatic carbocycles. The van der Waals surface area contributed by atoms with Crippen LogP contribution in [-0.4, -0.2) is 64.5 Å². The summed E-state index contributed by atoms with van der Waals surface area (Å²) in [5, 5.41) is 9.10. The number of carbonyl (C=O) groups excluding carboxylic acids is 1. The van der Waals surface area contributed by atoms with Gasteiger partial charge in [0.05, 0.1) is 43.2 Å². The van der Waals surface area contributed by atoms with Gasteiger partial charge in [-0.3, -0.25) is 0 Å². The lowest BCUT2D eigenvalue weighted by atomic mass is 10.0. The highest BCUT2D eigenvalue weighted by Crippen LogP contribution is 2.34. The number of nitrogens with zero attached hydrogens (tertiary/aromatic N) is 3. The molecule has 10 heteroatoms. The van der Waals surface area contributed by atoms with Crippen molar-refractivity contribution in [3.05, 3.63) is 46.4 Å². The Morgan fingerprint density at radius 2 is 2.00 bits per heavy atom. The SMILES string of the molecule is COC(=O)N1CCOC(Cc2c(-c3c(F)cc(C(=O)O)cc3F)nc3n2CCC(C)=C3)C1. The molecule has 1 saturated heterocycles. The van der Waals surface area contributed by atoms with E-state index < -0.39 is 35.4 Å². The van der Waals surface area contributed by atoms with E-state index in [1.54, 1.807) is 0 Å². The van der Waals surface area contributed by atoms with Crippen molar-refractivity contribution in [3.8, 4) is 11.3 Å². The second-order valence-electron chi connectivity index (χ2n) is 7.89. The average Bonchev–Trinajstić information content (AvgIpc) is 3.09. The fourth-order valence-electron chi connectivity index (χ4n) is 4.13. The molecular formula is C22H23F2N3O5. The lowest BCUT2D eigenvalue weighted by Gasteiger charge is -2.32. The predicted molar refractivity (Wildman–Crippen MR) is 110 cm³/mol. The van der Waals surface area contributed by atoms with Crippen LogP contribution in [0.3, 0.4) is 0 Å². The number of benzene rings is 1. The number of hydrogen-bond donors (Lipinski definition) is 1. The average molecular weight is 447 g/mol. The molecular weight excluding hydrogens is 424 g/mol. The number of fused-ring (bicyclic) bond motifs is 1. The maximum atomic E-state index is 14.9. The van der Waals surface area contributed by atoms with Crippen molar-refractivity contribution in [2.45, 2.75) is 32.4 Å². The summed E-state index contributed by atoms with van der Waals surface area (Å²) >= 11 is 0. The van der Waals surface area contributed by atoms with Crippen LogP contribution in [0.15, 0.2) is 17.7 Å². The van der Waals surface area contributed by atoms with Crippen LogP contribution in [0, 0.1) is 11.6 Å². The first-order chi connectivity index (χ1) is 15.3. The third-order valence-corrected chi connectivity index (χ3v) is 5.73. The first-order valence-corrected chi connectivity index (χ1v) is 10.2. The number of hydrogen-bond acceptors (Lipinski definition) is 5. The van der Waals surface area contributed by atoms with Crippen LogP contribution < -0.4 is 0 Å². The van der Waals surface area contributed by atoms with Crippen molar-refractivity contribution in [1.82, 2.24) is 14.5 Å². The number of allylic oxidation sites excluding steroid dienone is 1. The molecule has 170 valence electrons. The van der Waals surface area contributed by atoms with E-state index in [-0.39, 0.29) is 24.2 Å². The minimum Gasteiger partial charge on any atom is -0.478 e. The van der Waals surface area contributed by atoms with Gasteiger partial charge in [-0.15, -0.1) is 0 Å². The second kappa shape index (κ2) is 8.70. The van der Waals surface area contributed by atoms with Gasteiger partial charge >= 0.3 is 12.1 Å².